The van der Waals surface area contributed by atoms with Crippen LogP contribution in [0.4, 0.5) is 17.2 Å². The number of nitrogens with two attached hydrogens (primary N) is 1. The van der Waals surface area contributed by atoms with E-state index >= 15 is 0 Å². The number of hydrogen-bond donors (Lipinski definition) is 2. The molecule has 10 nitrogen and oxygen atoms in total. The van der Waals surface area contributed by atoms with Gasteiger partial charge in [0.05, 0.1) is 11.3 Å². The Hall–Kier alpha value is -3.98. The molecule has 43 heavy (non-hydrogen) atoms. The molecule has 226 valence electrons. The van der Waals surface area contributed by atoms with Crippen LogP contribution in [0.15, 0.2) is 53.6 Å². The molecule has 5 rings (SSSR count). The van der Waals surface area contributed by atoms with Gasteiger partial charge in [0.2, 0.25) is 10.0 Å². The third kappa shape index (κ3) is 5.95. The molecule has 0 aliphatic carbocycles. The van der Waals surface area contributed by atoms with Crippen molar-refractivity contribution in [2.45, 2.75) is 57.5 Å². The second-order valence-electron chi connectivity index (χ2n) is 11.5. The van der Waals surface area contributed by atoms with Crippen LogP contribution >= 0.6 is 0 Å². The van der Waals surface area contributed by atoms with Gasteiger partial charge in [0.15, 0.2) is 0 Å². The Labute approximate surface area is 254 Å². The van der Waals surface area contributed by atoms with E-state index in [9.17, 15) is 18.5 Å². The third-order valence-electron chi connectivity index (χ3n) is 8.59. The van der Waals surface area contributed by atoms with Crippen molar-refractivity contribution in [3.05, 3.63) is 76.5 Å². The number of para-hydroxylation sites is 1. The molecule has 1 aromatic heterocycles. The van der Waals surface area contributed by atoms with Crippen molar-refractivity contribution >= 4 is 33.1 Å². The lowest BCUT2D eigenvalue weighted by Crippen LogP contribution is -2.54. The highest BCUT2D eigenvalue weighted by atomic mass is 32.2. The number of aryl methyl sites for hydroxylation is 2. The number of benzene rings is 2. The number of nitrogens with zero attached hydrogens (tertiary/aromatic N) is 5. The normalized spacial score (nSPS) is 17.9. The number of rotatable bonds is 6. The molecule has 0 unspecified atom stereocenters. The van der Waals surface area contributed by atoms with Crippen molar-refractivity contribution in [3.63, 3.8) is 0 Å². The minimum absolute atomic E-state index is 0.0208. The van der Waals surface area contributed by atoms with Crippen molar-refractivity contribution in [2.75, 3.05) is 42.5 Å². The maximum Gasteiger partial charge on any atom is 0.254 e. The smallest absolute Gasteiger partial charge is 0.254 e. The van der Waals surface area contributed by atoms with Crippen molar-refractivity contribution in [3.8, 4) is 6.07 Å². The van der Waals surface area contributed by atoms with Gasteiger partial charge in [0, 0.05) is 49.2 Å². The number of aromatic nitrogens is 1. The Morgan fingerprint density at radius 1 is 1.09 bits per heavy atom. The molecule has 0 bridgehead atoms. The number of nitriles is 1. The summed E-state index contributed by atoms with van der Waals surface area (Å²) in [5, 5.41) is 18.9. The quantitative estimate of drug-likeness (QED) is 0.436. The van der Waals surface area contributed by atoms with Crippen molar-refractivity contribution in [2.24, 2.45) is 5.14 Å². The fraction of sp³-hybridized carbons (Fsp3) is 0.406. The molecular weight excluding hydrogens is 562 g/mol. The minimum Gasteiger partial charge on any atom is -0.352 e. The van der Waals surface area contributed by atoms with Crippen molar-refractivity contribution < 1.29 is 13.2 Å². The van der Waals surface area contributed by atoms with Crippen molar-refractivity contribution in [1.82, 2.24) is 15.2 Å². The highest BCUT2D eigenvalue weighted by molar-refractivity contribution is 7.89. The Morgan fingerprint density at radius 3 is 2.49 bits per heavy atom. The standard InChI is InChI=1S/C32H39N7O3S/c1-21-18-22(2)30(39(26-11-14-35-15-12-26)27-9-6-5-8-25(27)19-33)24(4)29(21)32(40)38-17-16-37(20-23(38)3)31-28(43(34,41)42)10-7-13-36-31/h5-10,13,18,23,26,35H,11-12,14-17,20H2,1-4H3,(H2,34,41,42)/t23-/m0/s1. The van der Waals surface area contributed by atoms with Gasteiger partial charge in [-0.05, 0) is 94.6 Å². The molecule has 0 spiro atoms. The number of anilines is 3. The van der Waals surface area contributed by atoms with Gasteiger partial charge >= 0.3 is 0 Å². The number of nitrogens with one attached hydrogen (secondary N) is 1. The van der Waals surface area contributed by atoms with Gasteiger partial charge in [-0.15, -0.1) is 0 Å². The predicted molar refractivity (Wildman–Crippen MR) is 168 cm³/mol. The van der Waals surface area contributed by atoms with Crippen LogP contribution in [0, 0.1) is 32.1 Å². The summed E-state index contributed by atoms with van der Waals surface area (Å²) in [6.45, 7) is 11.0. The number of carbonyl (C=O) groups excluding carboxylic acids is 1. The van der Waals surface area contributed by atoms with Crippen LogP contribution in [-0.4, -0.2) is 69.0 Å². The Balaban J connectivity index is 1.52. The number of hydrogen-bond acceptors (Lipinski definition) is 8. The summed E-state index contributed by atoms with van der Waals surface area (Å²) in [4.78, 5) is 24.7. The summed E-state index contributed by atoms with van der Waals surface area (Å²) in [5.74, 6) is 0.248. The summed E-state index contributed by atoms with van der Waals surface area (Å²) >= 11 is 0. The number of carbonyl (C=O) groups is 1. The number of pyridine rings is 1. The zero-order chi connectivity index (χ0) is 30.9. The molecule has 3 heterocycles. The van der Waals surface area contributed by atoms with Crippen LogP contribution in [0.25, 0.3) is 0 Å². The first-order valence-electron chi connectivity index (χ1n) is 14.7. The van der Waals surface area contributed by atoms with Crippen molar-refractivity contribution in [1.29, 1.82) is 5.26 Å². The van der Waals surface area contributed by atoms with E-state index in [2.05, 4.69) is 34.3 Å². The number of piperidine rings is 1. The average molecular weight is 602 g/mol. The van der Waals surface area contributed by atoms with Gasteiger partial charge in [-0.1, -0.05) is 18.2 Å². The number of primary sulfonamides is 1. The molecule has 2 aliphatic heterocycles. The zero-order valence-electron chi connectivity index (χ0n) is 25.2. The molecule has 3 N–H and O–H groups in total. The Morgan fingerprint density at radius 2 is 1.81 bits per heavy atom. The maximum atomic E-state index is 14.3. The highest BCUT2D eigenvalue weighted by Crippen LogP contribution is 2.40. The van der Waals surface area contributed by atoms with Gasteiger partial charge in [-0.3, -0.25) is 4.79 Å². The van der Waals surface area contributed by atoms with E-state index in [1.807, 2.05) is 54.8 Å². The zero-order valence-corrected chi connectivity index (χ0v) is 26.0. The monoisotopic (exact) mass is 601 g/mol. The summed E-state index contributed by atoms with van der Waals surface area (Å²) in [7, 11) is -3.95. The lowest BCUT2D eigenvalue weighted by molar-refractivity contribution is 0.0672. The third-order valence-corrected chi connectivity index (χ3v) is 9.52. The van der Waals surface area contributed by atoms with Crippen LogP contribution in [0.3, 0.4) is 0 Å². The lowest BCUT2D eigenvalue weighted by atomic mass is 9.92. The fourth-order valence-electron chi connectivity index (χ4n) is 6.65. The average Bonchev–Trinajstić information content (AvgIpc) is 2.99. The fourth-order valence-corrected chi connectivity index (χ4v) is 7.36. The second-order valence-corrected chi connectivity index (χ2v) is 13.0. The first kappa shape index (κ1) is 30.5. The Kier molecular flexibility index (Phi) is 8.74. The van der Waals surface area contributed by atoms with Gasteiger partial charge in [-0.2, -0.15) is 5.26 Å². The van der Waals surface area contributed by atoms with Gasteiger partial charge < -0.3 is 20.0 Å². The number of sulfonamides is 1. The first-order valence-corrected chi connectivity index (χ1v) is 16.2. The van der Waals surface area contributed by atoms with E-state index in [1.165, 1.54) is 6.07 Å². The number of amides is 1. The maximum absolute atomic E-state index is 14.3. The SMILES string of the molecule is Cc1cc(C)c(N(c2ccccc2C#N)C2CCNCC2)c(C)c1C(=O)N1CCN(c2ncccc2S(N)(=O)=O)C[C@@H]1C. The molecule has 1 atom stereocenters. The van der Waals surface area contributed by atoms with Gasteiger partial charge in [0.25, 0.3) is 5.91 Å². The molecule has 2 saturated heterocycles. The van der Waals surface area contributed by atoms with E-state index in [1.54, 1.807) is 12.3 Å². The predicted octanol–water partition coefficient (Wildman–Crippen LogP) is 3.77. The first-order chi connectivity index (χ1) is 20.5. The molecule has 1 amide bonds. The lowest BCUT2D eigenvalue weighted by Gasteiger charge is -2.42. The van der Waals surface area contributed by atoms with Crippen LogP contribution in [0.2, 0.25) is 0 Å². The summed E-state index contributed by atoms with van der Waals surface area (Å²) < 4.78 is 24.4. The molecule has 2 fully saturated rings. The highest BCUT2D eigenvalue weighted by Gasteiger charge is 2.34. The molecule has 11 heteroatoms. The van der Waals surface area contributed by atoms with Crippen LogP contribution in [0.1, 0.15) is 52.4 Å². The van der Waals surface area contributed by atoms with E-state index < -0.39 is 10.0 Å². The molecule has 2 aromatic carbocycles. The topological polar surface area (TPSA) is 136 Å². The summed E-state index contributed by atoms with van der Waals surface area (Å²) in [6, 6.07) is 15.1. The number of piperazine rings is 1. The molecule has 2 aliphatic rings. The van der Waals surface area contributed by atoms with E-state index in [0.29, 0.717) is 36.6 Å². The second kappa shape index (κ2) is 12.3. The molecule has 0 saturated carbocycles. The summed E-state index contributed by atoms with van der Waals surface area (Å²) in [6.07, 6.45) is 3.39. The minimum atomic E-state index is -3.95. The Bertz CT molecular complexity index is 1680. The van der Waals surface area contributed by atoms with E-state index in [-0.39, 0.29) is 22.9 Å². The van der Waals surface area contributed by atoms with E-state index in [4.69, 9.17) is 5.14 Å². The van der Waals surface area contributed by atoms with Gasteiger partial charge in [0.1, 0.15) is 16.8 Å². The molecule has 3 aromatic rings. The molecular formula is C32H39N7O3S. The van der Waals surface area contributed by atoms with Gasteiger partial charge in [-0.25, -0.2) is 18.5 Å². The van der Waals surface area contributed by atoms with Crippen LogP contribution in [-0.2, 0) is 10.0 Å². The summed E-state index contributed by atoms with van der Waals surface area (Å²) in [5.41, 5.74) is 5.95. The largest absolute Gasteiger partial charge is 0.352 e. The van der Waals surface area contributed by atoms with Crippen LogP contribution < -0.4 is 20.3 Å². The van der Waals surface area contributed by atoms with Crippen LogP contribution in [0.5, 0.6) is 0 Å². The molecule has 0 radical (unpaired) electrons. The van der Waals surface area contributed by atoms with E-state index in [0.717, 1.165) is 54.0 Å².